The number of hydrogen-bond donors (Lipinski definition) is 2. The van der Waals surface area contributed by atoms with E-state index in [0.29, 0.717) is 11.3 Å². The van der Waals surface area contributed by atoms with Crippen LogP contribution in [-0.2, 0) is 9.84 Å². The zero-order valence-corrected chi connectivity index (χ0v) is 21.4. The van der Waals surface area contributed by atoms with E-state index >= 15 is 0 Å². The summed E-state index contributed by atoms with van der Waals surface area (Å²) in [6.45, 7) is -7.75. The lowest BCUT2D eigenvalue weighted by Crippen LogP contribution is -2.50. The van der Waals surface area contributed by atoms with E-state index in [1.165, 1.54) is 29.9 Å². The van der Waals surface area contributed by atoms with Gasteiger partial charge in [0, 0.05) is 46.5 Å². The predicted octanol–water partition coefficient (Wildman–Crippen LogP) is 2.96. The Morgan fingerprint density at radius 2 is 1.92 bits per heavy atom. The molecule has 9 nitrogen and oxygen atoms in total. The van der Waals surface area contributed by atoms with Crippen LogP contribution in [0.1, 0.15) is 33.4 Å². The van der Waals surface area contributed by atoms with Gasteiger partial charge in [-0.1, -0.05) is 35.0 Å². The highest BCUT2D eigenvalue weighted by Crippen LogP contribution is 2.36. The molecule has 1 aromatic heterocycles. The monoisotopic (exact) mass is 570 g/mol. The minimum atomic E-state index is -5.76. The van der Waals surface area contributed by atoms with E-state index in [1.54, 1.807) is 29.7 Å². The summed E-state index contributed by atoms with van der Waals surface area (Å²) in [7, 11) is -4.59. The number of halogens is 2. The first-order valence-electron chi connectivity index (χ1n) is 14.5. The molecule has 0 atom stereocenters. The Balaban J connectivity index is 1.90. The van der Waals surface area contributed by atoms with Crippen molar-refractivity contribution in [2.75, 3.05) is 38.1 Å². The number of carbonyl (C=O) groups is 1. The van der Waals surface area contributed by atoms with Crippen LogP contribution in [0.15, 0.2) is 42.5 Å². The van der Waals surface area contributed by atoms with Gasteiger partial charge in [-0.2, -0.15) is 0 Å². The lowest BCUT2D eigenvalue weighted by Gasteiger charge is -2.26. The normalized spacial score (nSPS) is 23.7. The average molecular weight is 572 g/mol. The molecular weight excluding hydrogens is 539 g/mol. The van der Waals surface area contributed by atoms with Gasteiger partial charge in [0.25, 0.3) is 5.91 Å². The number of methoxy groups -OCH3 is 1. The van der Waals surface area contributed by atoms with E-state index in [-0.39, 0.29) is 45.3 Å². The zero-order chi connectivity index (χ0) is 33.8. The van der Waals surface area contributed by atoms with Crippen LogP contribution in [0.25, 0.3) is 17.1 Å². The van der Waals surface area contributed by atoms with Crippen molar-refractivity contribution in [3.63, 3.8) is 0 Å². The summed E-state index contributed by atoms with van der Waals surface area (Å²) in [5.74, 6) is 3.97. The van der Waals surface area contributed by atoms with Gasteiger partial charge >= 0.3 is 0 Å². The summed E-state index contributed by atoms with van der Waals surface area (Å²) in [4.78, 5) is 18.0. The summed E-state index contributed by atoms with van der Waals surface area (Å²) in [6, 6.07) is 10.9. The largest absolute Gasteiger partial charge is 0.480 e. The number of imidazole rings is 1. The summed E-state index contributed by atoms with van der Waals surface area (Å²) >= 11 is 12.5. The number of aliphatic hydroxyl groups excluding tert-OH is 1. The van der Waals surface area contributed by atoms with Gasteiger partial charge in [-0.25, -0.2) is 18.4 Å². The number of benzene rings is 2. The Morgan fingerprint density at radius 1 is 1.22 bits per heavy atom. The average Bonchev–Trinajstić information content (AvgIpc) is 3.34. The number of ether oxygens (including phenoxy) is 1. The van der Waals surface area contributed by atoms with Crippen molar-refractivity contribution in [3.8, 4) is 34.8 Å². The standard InChI is InChI=1S/C25H24Cl2N4O5S/c1-36-25-22(24(33)29-30-11-14-37(34,35)15-12-30)28-23(20-10-7-18(26)16-21(20)27)31(25)19-8-5-17(6-9-19)4-2-3-13-32/h5-10,16,32H,3,11-15H2,1H3,(H,29,33)/i11D2,12D2,14D2,15D2. The van der Waals surface area contributed by atoms with Crippen LogP contribution in [0.5, 0.6) is 5.88 Å². The van der Waals surface area contributed by atoms with E-state index in [2.05, 4.69) is 16.8 Å². The van der Waals surface area contributed by atoms with Crippen LogP contribution in [0.3, 0.4) is 0 Å². The fraction of sp³-hybridized carbons (Fsp3) is 0.280. The second-order valence-corrected chi connectivity index (χ2v) is 9.54. The maximum Gasteiger partial charge on any atom is 0.289 e. The minimum Gasteiger partial charge on any atom is -0.480 e. The van der Waals surface area contributed by atoms with Gasteiger partial charge in [-0.05, 0) is 42.5 Å². The molecule has 1 saturated heterocycles. The van der Waals surface area contributed by atoms with E-state index in [4.69, 9.17) is 44.0 Å². The minimum absolute atomic E-state index is 0.00400. The van der Waals surface area contributed by atoms with Crippen LogP contribution >= 0.6 is 23.2 Å². The first kappa shape index (κ1) is 18.2. The Morgan fingerprint density at radius 3 is 2.54 bits per heavy atom. The summed E-state index contributed by atoms with van der Waals surface area (Å²) in [5.41, 5.74) is -5.66. The third-order valence-corrected chi connectivity index (χ3v) is 6.08. The zero-order valence-electron chi connectivity index (χ0n) is 27.0. The van der Waals surface area contributed by atoms with E-state index in [9.17, 15) is 13.2 Å². The van der Waals surface area contributed by atoms with E-state index in [0.717, 1.165) is 0 Å². The van der Waals surface area contributed by atoms with Gasteiger partial charge in [-0.15, -0.1) is 0 Å². The molecular formula is C25H24Cl2N4O5S. The smallest absolute Gasteiger partial charge is 0.289 e. The van der Waals surface area contributed by atoms with Gasteiger partial charge in [0.15, 0.2) is 15.5 Å². The number of amides is 1. The molecule has 0 bridgehead atoms. The molecule has 0 unspecified atom stereocenters. The molecule has 12 heteroatoms. The molecule has 0 spiro atoms. The topological polar surface area (TPSA) is 114 Å². The summed E-state index contributed by atoms with van der Waals surface area (Å²) < 4.78 is 96.5. The molecule has 1 amide bonds. The van der Waals surface area contributed by atoms with Crippen molar-refractivity contribution in [3.05, 3.63) is 63.8 Å². The van der Waals surface area contributed by atoms with Crippen LogP contribution in [0, 0.1) is 11.8 Å². The first-order chi connectivity index (χ1) is 20.8. The lowest BCUT2D eigenvalue weighted by molar-refractivity contribution is 0.0793. The molecule has 4 rings (SSSR count). The number of aromatic nitrogens is 2. The quantitative estimate of drug-likeness (QED) is 0.438. The van der Waals surface area contributed by atoms with Crippen molar-refractivity contribution in [2.45, 2.75) is 6.42 Å². The summed E-state index contributed by atoms with van der Waals surface area (Å²) in [6.07, 6.45) is 0.261. The third-order valence-electron chi connectivity index (χ3n) is 4.81. The predicted molar refractivity (Wildman–Crippen MR) is 142 cm³/mol. The third kappa shape index (κ3) is 6.26. The molecule has 1 aliphatic heterocycles. The van der Waals surface area contributed by atoms with Crippen molar-refractivity contribution in [1.82, 2.24) is 20.0 Å². The number of aliphatic hydroxyl groups is 1. The number of nitrogens with zero attached hydrogens (tertiary/aromatic N) is 3. The highest BCUT2D eigenvalue weighted by Gasteiger charge is 2.29. The summed E-state index contributed by atoms with van der Waals surface area (Å²) in [5, 5.41) is 9.00. The Labute approximate surface area is 236 Å². The van der Waals surface area contributed by atoms with Crippen LogP contribution in [-0.4, -0.2) is 72.1 Å². The van der Waals surface area contributed by atoms with E-state index in [1.807, 2.05) is 0 Å². The van der Waals surface area contributed by atoms with Crippen molar-refractivity contribution < 1.29 is 34.0 Å². The van der Waals surface area contributed by atoms with E-state index < -0.39 is 45.8 Å². The number of nitrogens with one attached hydrogen (secondary N) is 1. The molecule has 0 aliphatic carbocycles. The van der Waals surface area contributed by atoms with Gasteiger partial charge in [0.05, 0.1) is 35.8 Å². The van der Waals surface area contributed by atoms with Gasteiger partial charge in [-0.3, -0.25) is 14.8 Å². The molecule has 3 aromatic rings. The SMILES string of the molecule is [2H]C1([2H])N(NC(=O)c2nc(-c3ccc(Cl)cc3Cl)n(-c3ccc(C#CCCO)cc3)c2OC)C([2H])([2H])C([2H])([2H])S(=O)(=O)C1([2H])[2H]. The van der Waals surface area contributed by atoms with Crippen LogP contribution in [0.4, 0.5) is 0 Å². The molecule has 0 radical (unpaired) electrons. The van der Waals surface area contributed by atoms with Crippen molar-refractivity contribution in [1.29, 1.82) is 0 Å². The molecule has 194 valence electrons. The highest BCUT2D eigenvalue weighted by molar-refractivity contribution is 7.91. The highest BCUT2D eigenvalue weighted by atomic mass is 35.5. The Bertz CT molecular complexity index is 1790. The fourth-order valence-corrected chi connectivity index (χ4v) is 4.19. The van der Waals surface area contributed by atoms with Gasteiger partial charge < -0.3 is 9.84 Å². The number of carbonyl (C=O) groups excluding carboxylic acids is 1. The number of hydrogen-bond acceptors (Lipinski definition) is 7. The lowest BCUT2D eigenvalue weighted by atomic mass is 10.2. The molecule has 0 saturated carbocycles. The van der Waals surface area contributed by atoms with Gasteiger partial charge in [0.2, 0.25) is 5.88 Å². The van der Waals surface area contributed by atoms with Crippen LogP contribution < -0.4 is 10.2 Å². The number of hydrazine groups is 1. The molecule has 2 N–H and O–H groups in total. The second-order valence-electron chi connectivity index (χ2n) is 7.28. The first-order valence-corrected chi connectivity index (χ1v) is 12.7. The fourth-order valence-electron chi connectivity index (χ4n) is 3.22. The number of sulfone groups is 1. The van der Waals surface area contributed by atoms with Gasteiger partial charge in [0.1, 0.15) is 5.82 Å². The molecule has 37 heavy (non-hydrogen) atoms. The maximum atomic E-state index is 13.7. The van der Waals surface area contributed by atoms with Crippen molar-refractivity contribution >= 4 is 38.9 Å². The molecule has 1 aliphatic rings. The second kappa shape index (κ2) is 11.5. The Kier molecular flexibility index (Phi) is 5.69. The molecule has 1 fully saturated rings. The molecule has 2 aromatic carbocycles. The maximum absolute atomic E-state index is 13.7. The Hall–Kier alpha value is -3.07. The molecule has 2 heterocycles. The van der Waals surface area contributed by atoms with Crippen molar-refractivity contribution in [2.24, 2.45) is 0 Å². The number of rotatable bonds is 6. The van der Waals surface area contributed by atoms with Crippen LogP contribution in [0.2, 0.25) is 10.0 Å².